The number of anilines is 1. The number of likely N-dealkylation sites (tertiary alicyclic amines) is 1. The normalized spacial score (nSPS) is 14.4. The highest BCUT2D eigenvalue weighted by Gasteiger charge is 2.28. The van der Waals surface area contributed by atoms with E-state index in [2.05, 4.69) is 10.5 Å². The zero-order valence-corrected chi connectivity index (χ0v) is 17.5. The number of nitrogens with one attached hydrogen (secondary N) is 1. The van der Waals surface area contributed by atoms with E-state index in [1.807, 2.05) is 77.7 Å². The lowest BCUT2D eigenvalue weighted by molar-refractivity contribution is -0.121. The Morgan fingerprint density at radius 1 is 0.906 bits per heavy atom. The Labute approximate surface area is 185 Å². The molecule has 0 unspecified atom stereocenters. The van der Waals surface area contributed by atoms with Crippen LogP contribution in [0.5, 0.6) is 0 Å². The van der Waals surface area contributed by atoms with Gasteiger partial charge in [-0.15, -0.1) is 0 Å². The van der Waals surface area contributed by atoms with Crippen molar-refractivity contribution < 1.29 is 14.1 Å². The zero-order valence-electron chi connectivity index (χ0n) is 17.5. The third-order valence-electron chi connectivity index (χ3n) is 5.95. The Morgan fingerprint density at radius 3 is 2.31 bits per heavy atom. The minimum absolute atomic E-state index is 0.0155. The highest BCUT2D eigenvalue weighted by Crippen LogP contribution is 2.30. The van der Waals surface area contributed by atoms with E-state index in [9.17, 15) is 9.59 Å². The van der Waals surface area contributed by atoms with E-state index >= 15 is 0 Å². The first kappa shape index (κ1) is 20.0. The smallest absolute Gasteiger partial charge is 0.253 e. The predicted molar refractivity (Wildman–Crippen MR) is 123 cm³/mol. The highest BCUT2D eigenvalue weighted by atomic mass is 16.5. The predicted octanol–water partition coefficient (Wildman–Crippen LogP) is 4.99. The Balaban J connectivity index is 1.27. The summed E-state index contributed by atoms with van der Waals surface area (Å²) in [6.45, 7) is 1.11. The molecule has 0 saturated carbocycles. The summed E-state index contributed by atoms with van der Waals surface area (Å²) >= 11 is 0. The van der Waals surface area contributed by atoms with E-state index in [-0.39, 0.29) is 17.7 Å². The molecule has 4 aromatic rings. The van der Waals surface area contributed by atoms with Gasteiger partial charge in [0.1, 0.15) is 5.52 Å². The van der Waals surface area contributed by atoms with Gasteiger partial charge in [0.15, 0.2) is 5.76 Å². The lowest BCUT2D eigenvalue weighted by Gasteiger charge is -2.31. The Morgan fingerprint density at radius 2 is 1.59 bits per heavy atom. The van der Waals surface area contributed by atoms with Crippen molar-refractivity contribution in [2.45, 2.75) is 12.8 Å². The zero-order chi connectivity index (χ0) is 21.9. The number of benzene rings is 3. The van der Waals surface area contributed by atoms with Gasteiger partial charge in [-0.1, -0.05) is 53.7 Å². The van der Waals surface area contributed by atoms with Crippen LogP contribution in [0.25, 0.3) is 22.2 Å². The van der Waals surface area contributed by atoms with Crippen molar-refractivity contribution in [1.82, 2.24) is 10.1 Å². The van der Waals surface area contributed by atoms with E-state index in [1.165, 1.54) is 0 Å². The van der Waals surface area contributed by atoms with Crippen molar-refractivity contribution in [3.8, 4) is 11.3 Å². The van der Waals surface area contributed by atoms with E-state index in [0.29, 0.717) is 37.3 Å². The first-order chi connectivity index (χ1) is 15.7. The van der Waals surface area contributed by atoms with Crippen LogP contribution in [0.15, 0.2) is 83.4 Å². The molecule has 5 rings (SSSR count). The van der Waals surface area contributed by atoms with Gasteiger partial charge >= 0.3 is 0 Å². The molecule has 3 aromatic carbocycles. The van der Waals surface area contributed by atoms with Crippen LogP contribution in [0.4, 0.5) is 5.69 Å². The molecule has 2 amide bonds. The molecule has 1 aliphatic heterocycles. The highest BCUT2D eigenvalue weighted by molar-refractivity contribution is 6.01. The molecule has 1 aromatic heterocycles. The van der Waals surface area contributed by atoms with Crippen molar-refractivity contribution in [2.24, 2.45) is 5.92 Å². The van der Waals surface area contributed by atoms with Gasteiger partial charge in [-0.2, -0.15) is 0 Å². The largest absolute Gasteiger partial charge is 0.355 e. The fraction of sp³-hybridized carbons (Fsp3) is 0.192. The summed E-state index contributed by atoms with van der Waals surface area (Å²) in [5.41, 5.74) is 3.04. The molecule has 0 aliphatic carbocycles. The van der Waals surface area contributed by atoms with E-state index in [4.69, 9.17) is 4.52 Å². The molecule has 2 heterocycles. The minimum atomic E-state index is -0.0931. The van der Waals surface area contributed by atoms with Crippen LogP contribution >= 0.6 is 0 Å². The van der Waals surface area contributed by atoms with Crippen LogP contribution in [0.3, 0.4) is 0 Å². The van der Waals surface area contributed by atoms with E-state index in [0.717, 1.165) is 22.2 Å². The number of fused-ring (bicyclic) bond motifs is 1. The number of para-hydroxylation sites is 1. The standard InChI is InChI=1S/C26H23N3O3/c30-25(27-21-9-5-2-6-10-21)19-13-15-29(16-14-19)26(31)20-11-12-23-22(17-20)24(32-28-23)18-7-3-1-4-8-18/h1-12,17,19H,13-16H2,(H,27,30). The number of hydrogen-bond donors (Lipinski definition) is 1. The van der Waals surface area contributed by atoms with Gasteiger partial charge in [-0.05, 0) is 43.2 Å². The first-order valence-electron chi connectivity index (χ1n) is 10.8. The van der Waals surface area contributed by atoms with Crippen LogP contribution in [0, 0.1) is 5.92 Å². The summed E-state index contributed by atoms with van der Waals surface area (Å²) in [4.78, 5) is 27.5. The summed E-state index contributed by atoms with van der Waals surface area (Å²) < 4.78 is 5.55. The molecule has 1 fully saturated rings. The molecule has 0 atom stereocenters. The van der Waals surface area contributed by atoms with Crippen molar-refractivity contribution in [3.63, 3.8) is 0 Å². The molecule has 0 spiro atoms. The number of carbonyl (C=O) groups excluding carboxylic acids is 2. The molecule has 0 radical (unpaired) electrons. The molecule has 1 aliphatic rings. The second kappa shape index (κ2) is 8.67. The average molecular weight is 425 g/mol. The molecule has 6 nitrogen and oxygen atoms in total. The summed E-state index contributed by atoms with van der Waals surface area (Å²) in [7, 11) is 0. The number of piperidine rings is 1. The molecule has 6 heteroatoms. The number of aromatic nitrogens is 1. The Bertz CT molecular complexity index is 1240. The maximum atomic E-state index is 13.2. The van der Waals surface area contributed by atoms with Gasteiger partial charge in [0.25, 0.3) is 5.91 Å². The van der Waals surface area contributed by atoms with E-state index < -0.39 is 0 Å². The second-order valence-corrected chi connectivity index (χ2v) is 8.03. The maximum absolute atomic E-state index is 13.2. The number of hydrogen-bond acceptors (Lipinski definition) is 4. The van der Waals surface area contributed by atoms with Gasteiger partial charge in [0.2, 0.25) is 5.91 Å². The van der Waals surface area contributed by atoms with Gasteiger partial charge in [-0.25, -0.2) is 0 Å². The van der Waals surface area contributed by atoms with Crippen LogP contribution in [0.2, 0.25) is 0 Å². The van der Waals surface area contributed by atoms with Crippen LogP contribution in [-0.2, 0) is 4.79 Å². The number of amides is 2. The van der Waals surface area contributed by atoms with E-state index in [1.54, 1.807) is 6.07 Å². The fourth-order valence-corrected chi connectivity index (χ4v) is 4.17. The molecular weight excluding hydrogens is 402 g/mol. The lowest BCUT2D eigenvalue weighted by Crippen LogP contribution is -2.41. The third kappa shape index (κ3) is 3.99. The second-order valence-electron chi connectivity index (χ2n) is 8.03. The fourth-order valence-electron chi connectivity index (χ4n) is 4.17. The molecular formula is C26H23N3O3. The summed E-state index contributed by atoms with van der Waals surface area (Å²) in [5, 5.41) is 7.91. The van der Waals surface area contributed by atoms with Crippen LogP contribution in [-0.4, -0.2) is 35.0 Å². The molecule has 32 heavy (non-hydrogen) atoms. The summed E-state index contributed by atoms with van der Waals surface area (Å²) in [6.07, 6.45) is 1.30. The lowest BCUT2D eigenvalue weighted by atomic mass is 9.95. The molecule has 0 bridgehead atoms. The van der Waals surface area contributed by atoms with Gasteiger partial charge in [0.05, 0.1) is 5.39 Å². The Hall–Kier alpha value is -3.93. The molecule has 1 saturated heterocycles. The van der Waals surface area contributed by atoms with Crippen molar-refractivity contribution in [2.75, 3.05) is 18.4 Å². The average Bonchev–Trinajstić information content (AvgIpc) is 3.28. The molecule has 1 N–H and O–H groups in total. The summed E-state index contributed by atoms with van der Waals surface area (Å²) in [5.74, 6) is 0.548. The number of rotatable bonds is 4. The number of carbonyl (C=O) groups is 2. The SMILES string of the molecule is O=C(Nc1ccccc1)C1CCN(C(=O)c2ccc3noc(-c4ccccc4)c3c2)CC1. The first-order valence-corrected chi connectivity index (χ1v) is 10.8. The Kier molecular flexibility index (Phi) is 5.42. The van der Waals surface area contributed by atoms with Crippen molar-refractivity contribution in [1.29, 1.82) is 0 Å². The van der Waals surface area contributed by atoms with Crippen molar-refractivity contribution in [3.05, 3.63) is 84.4 Å². The summed E-state index contributed by atoms with van der Waals surface area (Å²) in [6, 6.07) is 24.7. The van der Waals surface area contributed by atoms with Gasteiger partial charge in [-0.3, -0.25) is 9.59 Å². The number of nitrogens with zero attached hydrogens (tertiary/aromatic N) is 2. The monoisotopic (exact) mass is 425 g/mol. The minimum Gasteiger partial charge on any atom is -0.355 e. The van der Waals surface area contributed by atoms with Gasteiger partial charge < -0.3 is 14.7 Å². The van der Waals surface area contributed by atoms with Crippen LogP contribution in [0.1, 0.15) is 23.2 Å². The van der Waals surface area contributed by atoms with Crippen LogP contribution < -0.4 is 5.32 Å². The maximum Gasteiger partial charge on any atom is 0.253 e. The van der Waals surface area contributed by atoms with Crippen molar-refractivity contribution >= 4 is 28.4 Å². The van der Waals surface area contributed by atoms with Gasteiger partial charge in [0, 0.05) is 35.8 Å². The third-order valence-corrected chi connectivity index (χ3v) is 5.95. The quantitative estimate of drug-likeness (QED) is 0.500. The molecule has 160 valence electrons. The topological polar surface area (TPSA) is 75.4 Å².